The zero-order chi connectivity index (χ0) is 27.1. The molecule has 3 aromatic rings. The average Bonchev–Trinajstić information content (AvgIpc) is 3.16. The first-order chi connectivity index (χ1) is 17.4. The highest BCUT2D eigenvalue weighted by molar-refractivity contribution is 7.85. The molecular formula is C26H30F2N2O6S. The van der Waals surface area contributed by atoms with Crippen LogP contribution in [0.3, 0.4) is 0 Å². The summed E-state index contributed by atoms with van der Waals surface area (Å²) in [5, 5.41) is 10.3. The Morgan fingerprint density at radius 1 is 1.24 bits per heavy atom. The van der Waals surface area contributed by atoms with Gasteiger partial charge in [0.05, 0.1) is 18.2 Å². The molecule has 0 amide bonds. The maximum atomic E-state index is 15.6. The molecule has 0 spiro atoms. The Morgan fingerprint density at radius 3 is 2.65 bits per heavy atom. The van der Waals surface area contributed by atoms with Crippen molar-refractivity contribution >= 4 is 27.0 Å². The molecule has 1 unspecified atom stereocenters. The predicted octanol–water partition coefficient (Wildman–Crippen LogP) is 4.17. The Morgan fingerprint density at radius 2 is 1.97 bits per heavy atom. The van der Waals surface area contributed by atoms with Crippen molar-refractivity contribution < 1.29 is 36.0 Å². The number of nitrogens with zero attached hydrogens (tertiary/aromatic N) is 1. The van der Waals surface area contributed by atoms with Crippen molar-refractivity contribution in [2.24, 2.45) is 5.92 Å². The summed E-state index contributed by atoms with van der Waals surface area (Å²) in [6.07, 6.45) is 1.47. The van der Waals surface area contributed by atoms with Crippen LogP contribution in [-0.2, 0) is 25.5 Å². The Labute approximate surface area is 214 Å². The number of carboxylic acids is 1. The molecular weight excluding hydrogens is 506 g/mol. The maximum absolute atomic E-state index is 15.6. The number of aromatic amines is 1. The summed E-state index contributed by atoms with van der Waals surface area (Å²) in [5.74, 6) is -2.21. The lowest BCUT2D eigenvalue weighted by atomic mass is 9.85. The van der Waals surface area contributed by atoms with Gasteiger partial charge in [-0.05, 0) is 61.7 Å². The Hall–Kier alpha value is -3.02. The van der Waals surface area contributed by atoms with Crippen molar-refractivity contribution in [3.05, 3.63) is 64.4 Å². The standard InChI is InChI=1S/C26H30F2N2O6S/c1-14(26(31)32)13-30-15(2)11-19-18-12-17(27)5-7-21(18)29-24(19)25(30)23-16(3)22(8-6-20(23)28)35-9-10-36-37(4,33)34/h5-8,12,14-15,25,29H,9-11,13H2,1-4H3,(H,31,32)/t14?,15-,25-/m1/s1. The first-order valence-electron chi connectivity index (χ1n) is 11.9. The number of hydrogen-bond acceptors (Lipinski definition) is 6. The van der Waals surface area contributed by atoms with Crippen LogP contribution in [0.25, 0.3) is 10.9 Å². The normalized spacial score (nSPS) is 19.1. The number of carboxylic acid groups (broad SMARTS) is 1. The number of halogens is 2. The van der Waals surface area contributed by atoms with Crippen LogP contribution in [0.4, 0.5) is 8.78 Å². The second-order valence-electron chi connectivity index (χ2n) is 9.56. The van der Waals surface area contributed by atoms with E-state index in [9.17, 15) is 22.7 Å². The van der Waals surface area contributed by atoms with Gasteiger partial charge in [0.25, 0.3) is 10.1 Å². The van der Waals surface area contributed by atoms with Crippen LogP contribution in [0, 0.1) is 24.5 Å². The van der Waals surface area contributed by atoms with Crippen LogP contribution >= 0.6 is 0 Å². The molecule has 0 saturated heterocycles. The molecule has 2 heterocycles. The summed E-state index contributed by atoms with van der Waals surface area (Å²) in [7, 11) is -3.63. The van der Waals surface area contributed by atoms with E-state index in [0.29, 0.717) is 39.9 Å². The molecule has 37 heavy (non-hydrogen) atoms. The van der Waals surface area contributed by atoms with Gasteiger partial charge >= 0.3 is 5.97 Å². The molecule has 1 aliphatic rings. The minimum Gasteiger partial charge on any atom is -0.491 e. The van der Waals surface area contributed by atoms with E-state index in [-0.39, 0.29) is 31.6 Å². The van der Waals surface area contributed by atoms with Crippen molar-refractivity contribution in [3.8, 4) is 5.75 Å². The molecule has 1 aliphatic heterocycles. The van der Waals surface area contributed by atoms with Crippen LogP contribution in [0.2, 0.25) is 0 Å². The third-order valence-electron chi connectivity index (χ3n) is 6.80. The lowest BCUT2D eigenvalue weighted by Gasteiger charge is -2.42. The quantitative estimate of drug-likeness (QED) is 0.312. The summed E-state index contributed by atoms with van der Waals surface area (Å²) in [6, 6.07) is 6.32. The molecule has 2 aromatic carbocycles. The molecule has 3 atom stereocenters. The fourth-order valence-electron chi connectivity index (χ4n) is 5.02. The van der Waals surface area contributed by atoms with Crippen LogP contribution in [0.5, 0.6) is 5.75 Å². The first kappa shape index (κ1) is 27.0. The van der Waals surface area contributed by atoms with Gasteiger partial charge in [-0.1, -0.05) is 6.92 Å². The zero-order valence-corrected chi connectivity index (χ0v) is 21.9. The van der Waals surface area contributed by atoms with Gasteiger partial charge < -0.3 is 14.8 Å². The molecule has 4 rings (SSSR count). The van der Waals surface area contributed by atoms with Crippen LogP contribution in [0.15, 0.2) is 30.3 Å². The highest BCUT2D eigenvalue weighted by Gasteiger charge is 2.39. The van der Waals surface area contributed by atoms with Gasteiger partial charge in [-0.15, -0.1) is 0 Å². The Bertz CT molecular complexity index is 1440. The molecule has 200 valence electrons. The first-order valence-corrected chi connectivity index (χ1v) is 13.7. The van der Waals surface area contributed by atoms with Gasteiger partial charge in [0.1, 0.15) is 30.6 Å². The third kappa shape index (κ3) is 5.63. The van der Waals surface area contributed by atoms with Gasteiger partial charge in [-0.3, -0.25) is 13.9 Å². The molecule has 0 saturated carbocycles. The highest BCUT2D eigenvalue weighted by atomic mass is 32.2. The summed E-state index contributed by atoms with van der Waals surface area (Å²) in [5.41, 5.74) is 3.04. The lowest BCUT2D eigenvalue weighted by Crippen LogP contribution is -2.46. The number of aliphatic carboxylic acids is 1. The van der Waals surface area contributed by atoms with Crippen molar-refractivity contribution in [1.82, 2.24) is 9.88 Å². The van der Waals surface area contributed by atoms with Crippen molar-refractivity contribution in [3.63, 3.8) is 0 Å². The number of H-pyrrole nitrogens is 1. The molecule has 8 nitrogen and oxygen atoms in total. The molecule has 0 aliphatic carbocycles. The van der Waals surface area contributed by atoms with Crippen LogP contribution < -0.4 is 4.74 Å². The number of rotatable bonds is 9. The summed E-state index contributed by atoms with van der Waals surface area (Å²) in [6.45, 7) is 5.13. The lowest BCUT2D eigenvalue weighted by molar-refractivity contribution is -0.142. The molecule has 0 bridgehead atoms. The van der Waals surface area contributed by atoms with E-state index in [4.69, 9.17) is 8.92 Å². The number of nitrogens with one attached hydrogen (secondary N) is 1. The van der Waals surface area contributed by atoms with Gasteiger partial charge in [-0.25, -0.2) is 8.78 Å². The third-order valence-corrected chi connectivity index (χ3v) is 7.40. The van der Waals surface area contributed by atoms with Gasteiger partial charge in [0, 0.05) is 34.7 Å². The number of benzene rings is 2. The van der Waals surface area contributed by atoms with E-state index in [2.05, 4.69) is 4.98 Å². The number of fused-ring (bicyclic) bond motifs is 3. The second kappa shape index (κ2) is 10.4. The minimum atomic E-state index is -3.63. The monoisotopic (exact) mass is 536 g/mol. The van der Waals surface area contributed by atoms with Crippen molar-refractivity contribution in [2.45, 2.75) is 39.3 Å². The fraction of sp³-hybridized carbons (Fsp3) is 0.423. The van der Waals surface area contributed by atoms with E-state index in [1.807, 2.05) is 11.8 Å². The Kier molecular flexibility index (Phi) is 7.59. The number of aromatic nitrogens is 1. The number of ether oxygens (including phenoxy) is 1. The summed E-state index contributed by atoms with van der Waals surface area (Å²) in [4.78, 5) is 17.0. The van der Waals surface area contributed by atoms with Gasteiger partial charge in [0.15, 0.2) is 0 Å². The van der Waals surface area contributed by atoms with Crippen molar-refractivity contribution in [1.29, 1.82) is 0 Å². The smallest absolute Gasteiger partial charge is 0.307 e. The van der Waals surface area contributed by atoms with Crippen LogP contribution in [0.1, 0.15) is 42.3 Å². The average molecular weight is 537 g/mol. The molecule has 1 aromatic heterocycles. The SMILES string of the molecule is Cc1c(OCCOS(C)(=O)=O)ccc(F)c1[C@@H]1c2[nH]c3ccc(F)cc3c2C[C@@H](C)N1CC(C)C(=O)O. The largest absolute Gasteiger partial charge is 0.491 e. The van der Waals surface area contributed by atoms with E-state index in [0.717, 1.165) is 11.8 Å². The number of hydrogen-bond donors (Lipinski definition) is 2. The maximum Gasteiger partial charge on any atom is 0.307 e. The predicted molar refractivity (Wildman–Crippen MR) is 134 cm³/mol. The van der Waals surface area contributed by atoms with Gasteiger partial charge in [0.2, 0.25) is 0 Å². The molecule has 0 fully saturated rings. The second-order valence-corrected chi connectivity index (χ2v) is 11.2. The number of carbonyl (C=O) groups is 1. The van der Waals surface area contributed by atoms with Crippen molar-refractivity contribution in [2.75, 3.05) is 26.0 Å². The molecule has 0 radical (unpaired) electrons. The highest BCUT2D eigenvalue weighted by Crippen LogP contribution is 2.44. The van der Waals surface area contributed by atoms with Crippen LogP contribution in [-0.4, -0.2) is 61.4 Å². The van der Waals surface area contributed by atoms with Gasteiger partial charge in [-0.2, -0.15) is 8.42 Å². The fourth-order valence-corrected chi connectivity index (χ4v) is 5.39. The minimum absolute atomic E-state index is 0.0727. The zero-order valence-electron chi connectivity index (χ0n) is 21.0. The van der Waals surface area contributed by atoms with E-state index >= 15 is 4.39 Å². The van der Waals surface area contributed by atoms with E-state index in [1.54, 1.807) is 19.9 Å². The molecule has 11 heteroatoms. The topological polar surface area (TPSA) is 109 Å². The summed E-state index contributed by atoms with van der Waals surface area (Å²) < 4.78 is 62.6. The Balaban J connectivity index is 1.82. The molecule has 2 N–H and O–H groups in total. The van der Waals surface area contributed by atoms with E-state index in [1.165, 1.54) is 24.3 Å². The summed E-state index contributed by atoms with van der Waals surface area (Å²) >= 11 is 0. The van der Waals surface area contributed by atoms with E-state index < -0.39 is 33.9 Å².